The molecule has 1 amide bonds. The number of nitrogens with zero attached hydrogens (tertiary/aromatic N) is 1. The quantitative estimate of drug-likeness (QED) is 0.672. The molecule has 2 aromatic carbocycles. The highest BCUT2D eigenvalue weighted by Crippen LogP contribution is 2.30. The van der Waals surface area contributed by atoms with Gasteiger partial charge in [0.1, 0.15) is 0 Å². The highest BCUT2D eigenvalue weighted by atomic mass is 16.5. The van der Waals surface area contributed by atoms with Crippen LogP contribution in [0.2, 0.25) is 0 Å². The summed E-state index contributed by atoms with van der Waals surface area (Å²) in [6, 6.07) is 13.8. The lowest BCUT2D eigenvalue weighted by Gasteiger charge is -2.17. The lowest BCUT2D eigenvalue weighted by atomic mass is 10.1. The van der Waals surface area contributed by atoms with Crippen molar-refractivity contribution in [3.63, 3.8) is 0 Å². The lowest BCUT2D eigenvalue weighted by molar-refractivity contribution is -0.116. The summed E-state index contributed by atoms with van der Waals surface area (Å²) in [6.45, 7) is 7.23. The van der Waals surface area contributed by atoms with E-state index in [2.05, 4.69) is 29.3 Å². The standard InChI is InChI=1S/C22H28N2O3/c1-3-24-14-13-17-11-12-18(16-19(17)24)23-22(25)10-7-15-27-21-9-6-5-8-20(21)26-4-2/h5-6,8-9,11-12,16H,3-4,7,10,13-15H2,1-2H3,(H,23,25). The van der Waals surface area contributed by atoms with Crippen molar-refractivity contribution in [3.05, 3.63) is 48.0 Å². The van der Waals surface area contributed by atoms with E-state index >= 15 is 0 Å². The first kappa shape index (κ1) is 19.1. The van der Waals surface area contributed by atoms with Gasteiger partial charge in [-0.1, -0.05) is 18.2 Å². The Labute approximate surface area is 161 Å². The van der Waals surface area contributed by atoms with Crippen molar-refractivity contribution in [1.29, 1.82) is 0 Å². The van der Waals surface area contributed by atoms with Crippen LogP contribution in [-0.4, -0.2) is 32.2 Å². The minimum atomic E-state index is 0.0117. The number of carbonyl (C=O) groups excluding carboxylic acids is 1. The Morgan fingerprint density at radius 3 is 2.63 bits per heavy atom. The molecule has 0 atom stereocenters. The van der Waals surface area contributed by atoms with E-state index in [1.807, 2.05) is 37.3 Å². The first-order valence-corrected chi connectivity index (χ1v) is 9.73. The molecule has 5 heteroatoms. The molecule has 27 heavy (non-hydrogen) atoms. The van der Waals surface area contributed by atoms with Crippen LogP contribution in [0.5, 0.6) is 11.5 Å². The van der Waals surface area contributed by atoms with E-state index in [0.29, 0.717) is 26.1 Å². The minimum absolute atomic E-state index is 0.0117. The van der Waals surface area contributed by atoms with Gasteiger partial charge in [-0.05, 0) is 56.5 Å². The molecule has 0 aliphatic carbocycles. The number of hydrogen-bond donors (Lipinski definition) is 1. The summed E-state index contributed by atoms with van der Waals surface area (Å²) in [7, 11) is 0. The molecule has 1 aliphatic rings. The van der Waals surface area contributed by atoms with Crippen LogP contribution >= 0.6 is 0 Å². The van der Waals surface area contributed by atoms with Crippen LogP contribution in [-0.2, 0) is 11.2 Å². The van der Waals surface area contributed by atoms with Gasteiger partial charge in [-0.2, -0.15) is 0 Å². The number of benzene rings is 2. The third-order valence-electron chi connectivity index (χ3n) is 4.70. The number of nitrogens with one attached hydrogen (secondary N) is 1. The normalized spacial score (nSPS) is 12.6. The predicted molar refractivity (Wildman–Crippen MR) is 109 cm³/mol. The van der Waals surface area contributed by atoms with Crippen molar-refractivity contribution in [2.45, 2.75) is 33.1 Å². The van der Waals surface area contributed by atoms with Crippen molar-refractivity contribution < 1.29 is 14.3 Å². The summed E-state index contributed by atoms with van der Waals surface area (Å²) in [4.78, 5) is 14.6. The van der Waals surface area contributed by atoms with Crippen LogP contribution in [0.4, 0.5) is 11.4 Å². The Balaban J connectivity index is 1.46. The van der Waals surface area contributed by atoms with Crippen molar-refractivity contribution in [2.75, 3.05) is 36.5 Å². The van der Waals surface area contributed by atoms with Crippen molar-refractivity contribution in [2.24, 2.45) is 0 Å². The average molecular weight is 368 g/mol. The number of hydrogen-bond acceptors (Lipinski definition) is 4. The minimum Gasteiger partial charge on any atom is -0.490 e. The van der Waals surface area contributed by atoms with E-state index in [9.17, 15) is 4.79 Å². The van der Waals surface area contributed by atoms with Crippen LogP contribution in [0, 0.1) is 0 Å². The van der Waals surface area contributed by atoms with Crippen LogP contribution < -0.4 is 19.7 Å². The van der Waals surface area contributed by atoms with E-state index in [4.69, 9.17) is 9.47 Å². The molecule has 0 spiro atoms. The Morgan fingerprint density at radius 2 is 1.89 bits per heavy atom. The first-order chi connectivity index (χ1) is 13.2. The van der Waals surface area contributed by atoms with Gasteiger partial charge >= 0.3 is 0 Å². The van der Waals surface area contributed by atoms with Crippen molar-refractivity contribution >= 4 is 17.3 Å². The SMILES string of the molecule is CCOc1ccccc1OCCCC(=O)Nc1ccc2c(c1)N(CC)CC2. The number of rotatable bonds is 9. The Bertz CT molecular complexity index is 776. The van der Waals surface area contributed by atoms with Gasteiger partial charge in [-0.25, -0.2) is 0 Å². The molecule has 0 unspecified atom stereocenters. The van der Waals surface area contributed by atoms with Gasteiger partial charge < -0.3 is 19.7 Å². The second kappa shape index (κ2) is 9.31. The molecule has 0 saturated carbocycles. The van der Waals surface area contributed by atoms with Gasteiger partial charge in [0.15, 0.2) is 11.5 Å². The molecule has 2 aromatic rings. The number of fused-ring (bicyclic) bond motifs is 1. The third kappa shape index (κ3) is 4.94. The highest BCUT2D eigenvalue weighted by molar-refractivity contribution is 5.91. The number of amides is 1. The molecule has 0 fully saturated rings. The second-order valence-electron chi connectivity index (χ2n) is 6.55. The molecule has 0 bridgehead atoms. The molecule has 1 N–H and O–H groups in total. The maximum atomic E-state index is 12.2. The summed E-state index contributed by atoms with van der Waals surface area (Å²) < 4.78 is 11.3. The van der Waals surface area contributed by atoms with Crippen molar-refractivity contribution in [1.82, 2.24) is 0 Å². The smallest absolute Gasteiger partial charge is 0.224 e. The topological polar surface area (TPSA) is 50.8 Å². The lowest BCUT2D eigenvalue weighted by Crippen LogP contribution is -2.19. The molecule has 5 nitrogen and oxygen atoms in total. The van der Waals surface area contributed by atoms with Crippen molar-refractivity contribution in [3.8, 4) is 11.5 Å². The van der Waals surface area contributed by atoms with E-state index in [-0.39, 0.29) is 5.91 Å². The predicted octanol–water partition coefficient (Wildman–Crippen LogP) is 4.27. The van der Waals surface area contributed by atoms with Gasteiger partial charge in [-0.15, -0.1) is 0 Å². The van der Waals surface area contributed by atoms with E-state index in [0.717, 1.165) is 36.7 Å². The summed E-state index contributed by atoms with van der Waals surface area (Å²) >= 11 is 0. The van der Waals surface area contributed by atoms with Crippen LogP contribution in [0.1, 0.15) is 32.3 Å². The summed E-state index contributed by atoms with van der Waals surface area (Å²) in [6.07, 6.45) is 2.15. The zero-order chi connectivity index (χ0) is 19.1. The first-order valence-electron chi connectivity index (χ1n) is 9.73. The number of carbonyl (C=O) groups is 1. The van der Waals surface area contributed by atoms with Crippen LogP contribution in [0.25, 0.3) is 0 Å². The molecule has 1 heterocycles. The Hall–Kier alpha value is -2.69. The molecule has 1 aliphatic heterocycles. The molecular weight excluding hydrogens is 340 g/mol. The summed E-state index contributed by atoms with van der Waals surface area (Å²) in [5.41, 5.74) is 3.46. The van der Waals surface area contributed by atoms with E-state index in [1.165, 1.54) is 11.3 Å². The maximum Gasteiger partial charge on any atom is 0.224 e. The largest absolute Gasteiger partial charge is 0.490 e. The van der Waals surface area contributed by atoms with Gasteiger partial charge in [0.05, 0.1) is 13.2 Å². The maximum absolute atomic E-state index is 12.2. The molecule has 144 valence electrons. The molecule has 0 saturated heterocycles. The number of likely N-dealkylation sites (N-methyl/N-ethyl adjacent to an activating group) is 1. The molecular formula is C22H28N2O3. The van der Waals surface area contributed by atoms with Crippen LogP contribution in [0.15, 0.2) is 42.5 Å². The number of ether oxygens (including phenoxy) is 2. The molecule has 0 radical (unpaired) electrons. The molecule has 3 rings (SSSR count). The number of para-hydroxylation sites is 2. The van der Waals surface area contributed by atoms with Crippen LogP contribution in [0.3, 0.4) is 0 Å². The Morgan fingerprint density at radius 1 is 1.11 bits per heavy atom. The van der Waals surface area contributed by atoms with Gasteiger partial charge in [-0.3, -0.25) is 4.79 Å². The zero-order valence-corrected chi connectivity index (χ0v) is 16.2. The Kier molecular flexibility index (Phi) is 6.58. The fraction of sp³-hybridized carbons (Fsp3) is 0.409. The summed E-state index contributed by atoms with van der Waals surface area (Å²) in [5.74, 6) is 1.47. The average Bonchev–Trinajstić information content (AvgIpc) is 3.09. The van der Waals surface area contributed by atoms with Gasteiger partial charge in [0, 0.05) is 30.9 Å². The van der Waals surface area contributed by atoms with Gasteiger partial charge in [0.2, 0.25) is 5.91 Å². The molecule has 0 aromatic heterocycles. The van der Waals surface area contributed by atoms with Gasteiger partial charge in [0.25, 0.3) is 0 Å². The van der Waals surface area contributed by atoms with E-state index in [1.54, 1.807) is 0 Å². The fourth-order valence-electron chi connectivity index (χ4n) is 3.33. The zero-order valence-electron chi connectivity index (χ0n) is 16.2. The third-order valence-corrected chi connectivity index (χ3v) is 4.70. The fourth-order valence-corrected chi connectivity index (χ4v) is 3.33. The summed E-state index contributed by atoms with van der Waals surface area (Å²) in [5, 5.41) is 3.00. The monoisotopic (exact) mass is 368 g/mol. The highest BCUT2D eigenvalue weighted by Gasteiger charge is 2.18. The van der Waals surface area contributed by atoms with E-state index < -0.39 is 0 Å². The second-order valence-corrected chi connectivity index (χ2v) is 6.55. The number of anilines is 2.